The van der Waals surface area contributed by atoms with E-state index in [0.717, 1.165) is 11.3 Å². The summed E-state index contributed by atoms with van der Waals surface area (Å²) in [7, 11) is 0. The topological polar surface area (TPSA) is 108 Å². The number of anilines is 1. The van der Waals surface area contributed by atoms with E-state index in [1.165, 1.54) is 0 Å². The van der Waals surface area contributed by atoms with Gasteiger partial charge in [-0.25, -0.2) is 0 Å². The van der Waals surface area contributed by atoms with Crippen LogP contribution in [0.3, 0.4) is 0 Å². The van der Waals surface area contributed by atoms with Gasteiger partial charge in [-0.15, -0.1) is 11.8 Å². The second-order valence-corrected chi connectivity index (χ2v) is 12.6. The van der Waals surface area contributed by atoms with Gasteiger partial charge in [0.2, 0.25) is 17.7 Å². The number of aliphatic hydroxyl groups is 1. The van der Waals surface area contributed by atoms with Crippen LogP contribution in [-0.4, -0.2) is 68.4 Å². The number of fused-ring (bicyclic) bond motifs is 1. The number of carbonyl (C=O) groups excluding carboxylic acids is 3. The van der Waals surface area contributed by atoms with Gasteiger partial charge in [0, 0.05) is 35.5 Å². The summed E-state index contributed by atoms with van der Waals surface area (Å²) in [4.78, 5) is 42.9. The van der Waals surface area contributed by atoms with Crippen LogP contribution in [0.25, 0.3) is 0 Å². The molecule has 8 nitrogen and oxygen atoms in total. The van der Waals surface area contributed by atoms with Crippen molar-refractivity contribution in [2.45, 2.75) is 47.2 Å². The van der Waals surface area contributed by atoms with Crippen LogP contribution in [-0.2, 0) is 20.9 Å². The Morgan fingerprint density at radius 3 is 2.58 bits per heavy atom. The summed E-state index contributed by atoms with van der Waals surface area (Å²) in [6, 6.07) is 16.1. The van der Waals surface area contributed by atoms with Gasteiger partial charge in [0.1, 0.15) is 11.8 Å². The maximum Gasteiger partial charge on any atom is 0.244 e. The highest BCUT2D eigenvalue weighted by atomic mass is 79.9. The predicted octanol–water partition coefficient (Wildman–Crippen LogP) is 3.19. The van der Waals surface area contributed by atoms with Crippen molar-refractivity contribution in [2.24, 2.45) is 11.8 Å². The lowest BCUT2D eigenvalue weighted by Crippen LogP contribution is -2.54. The molecule has 3 N–H and O–H groups in total. The van der Waals surface area contributed by atoms with E-state index in [9.17, 15) is 19.5 Å². The van der Waals surface area contributed by atoms with Crippen molar-refractivity contribution in [3.63, 3.8) is 0 Å². The maximum atomic E-state index is 13.9. The Labute approximate surface area is 235 Å². The van der Waals surface area contributed by atoms with E-state index in [1.54, 1.807) is 40.9 Å². The van der Waals surface area contributed by atoms with Crippen molar-refractivity contribution in [3.8, 4) is 5.75 Å². The molecule has 2 aromatic rings. The molecule has 0 radical (unpaired) electrons. The molecule has 0 aromatic heterocycles. The summed E-state index contributed by atoms with van der Waals surface area (Å²) in [6.45, 7) is 3.00. The van der Waals surface area contributed by atoms with E-state index in [0.29, 0.717) is 31.7 Å². The Kier molecular flexibility index (Phi) is 8.02. The summed E-state index contributed by atoms with van der Waals surface area (Å²) >= 11 is 5.37. The van der Waals surface area contributed by atoms with Gasteiger partial charge in [0.25, 0.3) is 0 Å². The third kappa shape index (κ3) is 4.82. The maximum absolute atomic E-state index is 13.9. The molecule has 6 atom stereocenters. The molecule has 10 heteroatoms. The second-order valence-electron chi connectivity index (χ2n) is 9.92. The molecule has 5 rings (SSSR count). The van der Waals surface area contributed by atoms with Crippen LogP contribution in [0.4, 0.5) is 5.69 Å². The Balaban J connectivity index is 1.40. The smallest absolute Gasteiger partial charge is 0.244 e. The number of alkyl halides is 1. The van der Waals surface area contributed by atoms with Gasteiger partial charge in [-0.3, -0.25) is 14.4 Å². The molecule has 3 unspecified atom stereocenters. The average molecular weight is 603 g/mol. The van der Waals surface area contributed by atoms with E-state index in [4.69, 9.17) is 4.74 Å². The van der Waals surface area contributed by atoms with Crippen LogP contribution in [0.5, 0.6) is 5.75 Å². The number of ether oxygens (including phenoxy) is 1. The second kappa shape index (κ2) is 11.3. The normalized spacial score (nSPS) is 29.3. The zero-order valence-corrected chi connectivity index (χ0v) is 23.5. The number of likely N-dealkylation sites (tertiary alicyclic amines) is 1. The summed E-state index contributed by atoms with van der Waals surface area (Å²) in [5, 5.41) is 15.4. The molecule has 0 saturated carbocycles. The number of nitrogens with zero attached hydrogens (tertiary/aromatic N) is 1. The lowest BCUT2D eigenvalue weighted by atomic mass is 9.70. The molecular weight excluding hydrogens is 570 g/mol. The van der Waals surface area contributed by atoms with Crippen LogP contribution in [0.2, 0.25) is 0 Å². The van der Waals surface area contributed by atoms with Gasteiger partial charge in [0.15, 0.2) is 0 Å². The molecule has 2 bridgehead atoms. The van der Waals surface area contributed by atoms with Crippen molar-refractivity contribution in [2.75, 3.05) is 25.1 Å². The van der Waals surface area contributed by atoms with Crippen molar-refractivity contribution in [3.05, 3.63) is 60.2 Å². The minimum absolute atomic E-state index is 0.00477. The third-order valence-electron chi connectivity index (χ3n) is 7.64. The zero-order valence-electron chi connectivity index (χ0n) is 21.1. The fourth-order valence-corrected chi connectivity index (χ4v) is 9.73. The molecule has 3 amide bonds. The standard InChI is InChI=1S/C28H32BrN3O5S/c1-2-37-19-11-9-18(10-12-19)31-25(34)21-22-27(36)32(13-6-14-33)24(28(22)15-20(29)23(21)38-28)26(35)30-16-17-7-4-3-5-8-17/h3-5,7-12,20-24,33H,2,6,13-16H2,1H3,(H,30,35)(H,31,34)/t20?,21-,22-,23-,24?,28?/m0/s1. The third-order valence-corrected chi connectivity index (χ3v) is 10.9. The number of hydrogen-bond donors (Lipinski definition) is 3. The number of thioether (sulfide) groups is 1. The monoisotopic (exact) mass is 601 g/mol. The first-order chi connectivity index (χ1) is 18.4. The minimum atomic E-state index is -0.715. The van der Waals surface area contributed by atoms with E-state index in [-0.39, 0.29) is 41.0 Å². The van der Waals surface area contributed by atoms with Crippen LogP contribution in [0, 0.1) is 11.8 Å². The minimum Gasteiger partial charge on any atom is -0.494 e. The Morgan fingerprint density at radius 1 is 1.16 bits per heavy atom. The molecule has 2 aromatic carbocycles. The van der Waals surface area contributed by atoms with Crippen molar-refractivity contribution < 1.29 is 24.2 Å². The molecule has 3 aliphatic heterocycles. The van der Waals surface area contributed by atoms with E-state index >= 15 is 0 Å². The van der Waals surface area contributed by atoms with Gasteiger partial charge in [-0.1, -0.05) is 46.3 Å². The van der Waals surface area contributed by atoms with Crippen molar-refractivity contribution >= 4 is 51.1 Å². The van der Waals surface area contributed by atoms with Crippen LogP contribution in [0.1, 0.15) is 25.3 Å². The molecule has 3 saturated heterocycles. The lowest BCUT2D eigenvalue weighted by molar-refractivity contribution is -0.139. The first-order valence-corrected chi connectivity index (χ1v) is 14.8. The highest BCUT2D eigenvalue weighted by Gasteiger charge is 2.75. The molecule has 38 heavy (non-hydrogen) atoms. The largest absolute Gasteiger partial charge is 0.494 e. The summed E-state index contributed by atoms with van der Waals surface area (Å²) < 4.78 is 4.77. The summed E-state index contributed by atoms with van der Waals surface area (Å²) in [5.74, 6) is -1.10. The lowest BCUT2D eigenvalue weighted by Gasteiger charge is -2.35. The number of hydrogen-bond acceptors (Lipinski definition) is 6. The number of rotatable bonds is 10. The summed E-state index contributed by atoms with van der Waals surface area (Å²) in [5.41, 5.74) is 1.60. The highest BCUT2D eigenvalue weighted by Crippen LogP contribution is 2.67. The number of amides is 3. The average Bonchev–Trinajstić information content (AvgIpc) is 3.51. The molecule has 3 fully saturated rings. The van der Waals surface area contributed by atoms with E-state index < -0.39 is 22.6 Å². The highest BCUT2D eigenvalue weighted by molar-refractivity contribution is 9.09. The van der Waals surface area contributed by atoms with Crippen LogP contribution in [0.15, 0.2) is 54.6 Å². The molecule has 202 valence electrons. The number of benzene rings is 2. The van der Waals surface area contributed by atoms with Crippen LogP contribution < -0.4 is 15.4 Å². The van der Waals surface area contributed by atoms with E-state index in [2.05, 4.69) is 26.6 Å². The molecule has 1 spiro atoms. The quantitative estimate of drug-likeness (QED) is 0.361. The number of nitrogens with one attached hydrogen (secondary N) is 2. The first kappa shape index (κ1) is 27.0. The van der Waals surface area contributed by atoms with Gasteiger partial charge < -0.3 is 25.4 Å². The Morgan fingerprint density at radius 2 is 1.89 bits per heavy atom. The number of aliphatic hydroxyl groups excluding tert-OH is 1. The number of halogens is 1. The fraction of sp³-hybridized carbons (Fsp3) is 0.464. The first-order valence-electron chi connectivity index (χ1n) is 13.0. The number of carbonyl (C=O) groups is 3. The molecular formula is C28H32BrN3O5S. The van der Waals surface area contributed by atoms with Gasteiger partial charge >= 0.3 is 0 Å². The van der Waals surface area contributed by atoms with Crippen molar-refractivity contribution in [1.29, 1.82) is 0 Å². The van der Waals surface area contributed by atoms with Gasteiger partial charge in [-0.2, -0.15) is 0 Å². The fourth-order valence-electron chi connectivity index (χ4n) is 6.12. The van der Waals surface area contributed by atoms with E-state index in [1.807, 2.05) is 37.3 Å². The predicted molar refractivity (Wildman–Crippen MR) is 150 cm³/mol. The summed E-state index contributed by atoms with van der Waals surface area (Å²) in [6.07, 6.45) is 0.983. The molecule has 3 heterocycles. The van der Waals surface area contributed by atoms with Crippen LogP contribution >= 0.6 is 27.7 Å². The zero-order chi connectivity index (χ0) is 26.9. The van der Waals surface area contributed by atoms with Crippen molar-refractivity contribution in [1.82, 2.24) is 10.2 Å². The Bertz CT molecular complexity index is 1180. The Hall–Kier alpha value is -2.56. The van der Waals surface area contributed by atoms with Gasteiger partial charge in [0.05, 0.1) is 23.2 Å². The molecule has 3 aliphatic rings. The molecule has 0 aliphatic carbocycles. The van der Waals surface area contributed by atoms with Gasteiger partial charge in [-0.05, 0) is 49.6 Å². The SMILES string of the molecule is CCOc1ccc(NC(=O)[C@H]2[C@H]3C(=O)N(CCCO)C(C(=O)NCc4ccccc4)C34CC(Br)[C@@H]2S4)cc1.